The van der Waals surface area contributed by atoms with Crippen molar-refractivity contribution >= 4 is 22.5 Å². The predicted octanol–water partition coefficient (Wildman–Crippen LogP) is 3.08. The normalized spacial score (nSPS) is 9.29. The zero-order valence-corrected chi connectivity index (χ0v) is 7.70. The van der Waals surface area contributed by atoms with Gasteiger partial charge in [0.15, 0.2) is 0 Å². The molecule has 0 aliphatic heterocycles. The molecule has 14 heavy (non-hydrogen) atoms. The third kappa shape index (κ3) is 2.73. The number of hydrogen-bond acceptors (Lipinski definition) is 2. The molecule has 0 atom stereocenters. The van der Waals surface area contributed by atoms with Crippen molar-refractivity contribution in [1.82, 2.24) is 0 Å². The second kappa shape index (κ2) is 4.60. The summed E-state index contributed by atoms with van der Waals surface area (Å²) in [5, 5.41) is 2.57. The van der Waals surface area contributed by atoms with Crippen molar-refractivity contribution in [1.29, 1.82) is 0 Å². The molecule has 4 nitrogen and oxygen atoms in total. The molecule has 0 N–H and O–H groups in total. The van der Waals surface area contributed by atoms with Gasteiger partial charge in [0.2, 0.25) is 5.24 Å². The number of nitrogens with zero attached hydrogens (tertiary/aromatic N) is 3. The van der Waals surface area contributed by atoms with Gasteiger partial charge in [0, 0.05) is 11.3 Å². The number of azide groups is 1. The summed E-state index contributed by atoms with van der Waals surface area (Å²) in [6.07, 6.45) is -0.0181. The Bertz CT molecular complexity index is 415. The third-order valence-corrected chi connectivity index (χ3v) is 1.64. The van der Waals surface area contributed by atoms with Crippen LogP contribution in [0.5, 0.6) is 0 Å². The number of benzene rings is 1. The molecule has 0 saturated carbocycles. The van der Waals surface area contributed by atoms with Crippen LogP contribution < -0.4 is 0 Å². The second-order valence-corrected chi connectivity index (χ2v) is 2.93. The Morgan fingerprint density at radius 2 is 2.36 bits per heavy atom. The van der Waals surface area contributed by atoms with Crippen molar-refractivity contribution in [3.8, 4) is 0 Å². The van der Waals surface area contributed by atoms with Crippen LogP contribution in [0.4, 0.5) is 10.1 Å². The van der Waals surface area contributed by atoms with Crippen LogP contribution in [0.2, 0.25) is 0 Å². The molecule has 0 spiro atoms. The molecule has 72 valence electrons. The zero-order valence-electron chi connectivity index (χ0n) is 6.94. The van der Waals surface area contributed by atoms with Crippen LogP contribution in [0.1, 0.15) is 5.56 Å². The maximum absolute atomic E-state index is 12.9. The summed E-state index contributed by atoms with van der Waals surface area (Å²) in [5.74, 6) is -0.631. The van der Waals surface area contributed by atoms with Gasteiger partial charge < -0.3 is 0 Å². The zero-order chi connectivity index (χ0) is 10.6. The van der Waals surface area contributed by atoms with Crippen LogP contribution in [0.3, 0.4) is 0 Å². The Morgan fingerprint density at radius 1 is 1.64 bits per heavy atom. The Kier molecular flexibility index (Phi) is 3.45. The number of rotatable bonds is 3. The topological polar surface area (TPSA) is 65.8 Å². The molecule has 0 unspecified atom stereocenters. The monoisotopic (exact) mass is 213 g/mol. The van der Waals surface area contributed by atoms with Crippen molar-refractivity contribution in [3.05, 3.63) is 40.0 Å². The van der Waals surface area contributed by atoms with Crippen LogP contribution >= 0.6 is 11.6 Å². The minimum Gasteiger partial charge on any atom is -0.281 e. The average Bonchev–Trinajstić information content (AvgIpc) is 2.10. The lowest BCUT2D eigenvalue weighted by Crippen LogP contribution is -1.93. The number of halogens is 2. The summed E-state index contributed by atoms with van der Waals surface area (Å²) in [5.41, 5.74) is 8.49. The van der Waals surface area contributed by atoms with Crippen LogP contribution in [0.15, 0.2) is 23.3 Å². The van der Waals surface area contributed by atoms with Gasteiger partial charge in [-0.25, -0.2) is 4.39 Å². The molecular weight excluding hydrogens is 209 g/mol. The molecule has 0 aliphatic carbocycles. The lowest BCUT2D eigenvalue weighted by molar-refractivity contribution is -0.111. The fourth-order valence-corrected chi connectivity index (χ4v) is 1.11. The highest BCUT2D eigenvalue weighted by Crippen LogP contribution is 2.20. The highest BCUT2D eigenvalue weighted by molar-refractivity contribution is 6.63. The molecular formula is C8H5ClFN3O. The summed E-state index contributed by atoms with van der Waals surface area (Å²) >= 11 is 5.15. The van der Waals surface area contributed by atoms with Crippen molar-refractivity contribution in [2.45, 2.75) is 6.42 Å². The summed E-state index contributed by atoms with van der Waals surface area (Å²) in [4.78, 5) is 13.0. The second-order valence-electron chi connectivity index (χ2n) is 2.51. The molecule has 0 heterocycles. The van der Waals surface area contributed by atoms with Crippen LogP contribution in [-0.2, 0) is 11.2 Å². The lowest BCUT2D eigenvalue weighted by Gasteiger charge is -1.99. The van der Waals surface area contributed by atoms with Gasteiger partial charge in [-0.15, -0.1) is 0 Å². The summed E-state index contributed by atoms with van der Waals surface area (Å²) in [6, 6.07) is 3.82. The van der Waals surface area contributed by atoms with Crippen LogP contribution in [0, 0.1) is 5.82 Å². The van der Waals surface area contributed by atoms with Crippen molar-refractivity contribution in [2.75, 3.05) is 0 Å². The molecule has 0 saturated heterocycles. The quantitative estimate of drug-likeness (QED) is 0.329. The maximum Gasteiger partial charge on any atom is 0.226 e. The van der Waals surface area contributed by atoms with Crippen LogP contribution in [0.25, 0.3) is 10.4 Å². The number of carbonyl (C=O) groups is 1. The van der Waals surface area contributed by atoms with Crippen molar-refractivity contribution in [2.24, 2.45) is 5.11 Å². The Balaban J connectivity index is 3.05. The van der Waals surface area contributed by atoms with E-state index < -0.39 is 11.1 Å². The summed E-state index contributed by atoms with van der Waals surface area (Å²) in [7, 11) is 0. The van der Waals surface area contributed by atoms with Gasteiger partial charge in [0.1, 0.15) is 5.82 Å². The number of carbonyl (C=O) groups excluding carboxylic acids is 1. The Labute approximate surface area is 83.9 Å². The Morgan fingerprint density at radius 3 is 2.93 bits per heavy atom. The lowest BCUT2D eigenvalue weighted by atomic mass is 10.1. The minimum absolute atomic E-state index is 0.0181. The molecule has 0 radical (unpaired) electrons. The highest BCUT2D eigenvalue weighted by Gasteiger charge is 2.04. The molecule has 0 bridgehead atoms. The van der Waals surface area contributed by atoms with Crippen LogP contribution in [-0.4, -0.2) is 5.24 Å². The molecule has 1 rings (SSSR count). The van der Waals surface area contributed by atoms with E-state index in [1.165, 1.54) is 12.1 Å². The molecule has 0 aliphatic rings. The standard InChI is InChI=1S/C8H5ClFN3O/c9-8(14)4-5-1-2-6(10)7(3-5)12-13-11/h1-3H,4H2. The van der Waals surface area contributed by atoms with E-state index in [1.54, 1.807) is 0 Å². The molecule has 0 aromatic heterocycles. The summed E-state index contributed by atoms with van der Waals surface area (Å²) in [6.45, 7) is 0. The molecule has 1 aromatic carbocycles. The van der Waals surface area contributed by atoms with E-state index in [0.717, 1.165) is 6.07 Å². The first-order chi connectivity index (χ1) is 6.63. The van der Waals surface area contributed by atoms with Gasteiger partial charge in [-0.3, -0.25) is 4.79 Å². The SMILES string of the molecule is [N-]=[N+]=Nc1cc(CC(=O)Cl)ccc1F. The van der Waals surface area contributed by atoms with Gasteiger partial charge in [0.05, 0.1) is 5.69 Å². The van der Waals surface area contributed by atoms with Crippen molar-refractivity contribution in [3.63, 3.8) is 0 Å². The molecule has 1 aromatic rings. The van der Waals surface area contributed by atoms with Gasteiger partial charge in [-0.2, -0.15) is 0 Å². The fraction of sp³-hybridized carbons (Fsp3) is 0.125. The van der Waals surface area contributed by atoms with E-state index >= 15 is 0 Å². The first-order valence-electron chi connectivity index (χ1n) is 3.65. The molecule has 0 fully saturated rings. The van der Waals surface area contributed by atoms with Gasteiger partial charge in [0.25, 0.3) is 0 Å². The average molecular weight is 214 g/mol. The smallest absolute Gasteiger partial charge is 0.226 e. The van der Waals surface area contributed by atoms with E-state index in [4.69, 9.17) is 17.1 Å². The van der Waals surface area contributed by atoms with E-state index in [1.807, 2.05) is 0 Å². The molecule has 6 heteroatoms. The van der Waals surface area contributed by atoms with Gasteiger partial charge in [-0.05, 0) is 34.8 Å². The molecule has 0 amide bonds. The van der Waals surface area contributed by atoms with Crippen molar-refractivity contribution < 1.29 is 9.18 Å². The largest absolute Gasteiger partial charge is 0.281 e. The maximum atomic E-state index is 12.9. The van der Waals surface area contributed by atoms with E-state index in [-0.39, 0.29) is 12.1 Å². The number of hydrogen-bond donors (Lipinski definition) is 0. The van der Waals surface area contributed by atoms with Gasteiger partial charge >= 0.3 is 0 Å². The Hall–Kier alpha value is -1.58. The van der Waals surface area contributed by atoms with E-state index in [0.29, 0.717) is 5.56 Å². The third-order valence-electron chi connectivity index (χ3n) is 1.51. The van der Waals surface area contributed by atoms with E-state index in [2.05, 4.69) is 10.0 Å². The first-order valence-corrected chi connectivity index (χ1v) is 4.03. The first kappa shape index (κ1) is 10.5. The van der Waals surface area contributed by atoms with E-state index in [9.17, 15) is 9.18 Å². The fourth-order valence-electron chi connectivity index (χ4n) is 0.954. The minimum atomic E-state index is -0.631. The van der Waals surface area contributed by atoms with Gasteiger partial charge in [-0.1, -0.05) is 11.2 Å². The summed E-state index contributed by atoms with van der Waals surface area (Å²) < 4.78 is 12.9. The predicted molar refractivity (Wildman–Crippen MR) is 49.8 cm³/mol. The highest BCUT2D eigenvalue weighted by atomic mass is 35.5.